The van der Waals surface area contributed by atoms with Crippen LogP contribution in [0.15, 0.2) is 53.4 Å². The van der Waals surface area contributed by atoms with Gasteiger partial charge in [0.05, 0.1) is 25.2 Å². The Balaban J connectivity index is 2.16. The SMILES string of the molecule is COc1ccc(S(=O)(=O)N[C@@H](Cc2ccccc2)C(=O)NCCCOC(C)C)cc1OC. The number of rotatable bonds is 13. The molecule has 1 amide bonds. The van der Waals surface area contributed by atoms with Crippen LogP contribution in [0.25, 0.3) is 0 Å². The zero-order chi connectivity index (χ0) is 23.6. The maximum absolute atomic E-state index is 13.0. The molecule has 9 heteroatoms. The predicted octanol–water partition coefficient (Wildman–Crippen LogP) is 2.52. The molecule has 0 saturated heterocycles. The second-order valence-corrected chi connectivity index (χ2v) is 9.16. The predicted molar refractivity (Wildman–Crippen MR) is 123 cm³/mol. The highest BCUT2D eigenvalue weighted by Crippen LogP contribution is 2.29. The van der Waals surface area contributed by atoms with Gasteiger partial charge in [-0.1, -0.05) is 30.3 Å². The molecule has 32 heavy (non-hydrogen) atoms. The topological polar surface area (TPSA) is 103 Å². The van der Waals surface area contributed by atoms with E-state index in [-0.39, 0.29) is 23.2 Å². The Bertz CT molecular complexity index is 964. The first-order chi connectivity index (χ1) is 15.3. The highest BCUT2D eigenvalue weighted by atomic mass is 32.2. The quantitative estimate of drug-likeness (QED) is 0.442. The second kappa shape index (κ2) is 12.4. The number of amides is 1. The highest BCUT2D eigenvalue weighted by molar-refractivity contribution is 7.89. The van der Waals surface area contributed by atoms with Gasteiger partial charge >= 0.3 is 0 Å². The van der Waals surface area contributed by atoms with Gasteiger partial charge in [0, 0.05) is 19.2 Å². The van der Waals surface area contributed by atoms with Crippen LogP contribution in [0, 0.1) is 0 Å². The Morgan fingerprint density at radius 1 is 1.00 bits per heavy atom. The van der Waals surface area contributed by atoms with Gasteiger partial charge in [0.1, 0.15) is 6.04 Å². The molecule has 2 rings (SSSR count). The van der Waals surface area contributed by atoms with Crippen molar-refractivity contribution in [3.63, 3.8) is 0 Å². The summed E-state index contributed by atoms with van der Waals surface area (Å²) in [6, 6.07) is 12.5. The van der Waals surface area contributed by atoms with Gasteiger partial charge in [0.2, 0.25) is 15.9 Å². The van der Waals surface area contributed by atoms with Crippen LogP contribution < -0.4 is 19.5 Å². The molecule has 0 heterocycles. The highest BCUT2D eigenvalue weighted by Gasteiger charge is 2.26. The lowest BCUT2D eigenvalue weighted by Crippen LogP contribution is -2.48. The van der Waals surface area contributed by atoms with Gasteiger partial charge in [0.25, 0.3) is 0 Å². The van der Waals surface area contributed by atoms with Crippen molar-refractivity contribution < 1.29 is 27.4 Å². The number of nitrogens with one attached hydrogen (secondary N) is 2. The maximum atomic E-state index is 13.0. The molecule has 0 saturated carbocycles. The summed E-state index contributed by atoms with van der Waals surface area (Å²) in [6.07, 6.45) is 0.955. The van der Waals surface area contributed by atoms with Crippen LogP contribution in [0.2, 0.25) is 0 Å². The van der Waals surface area contributed by atoms with Gasteiger partial charge < -0.3 is 19.5 Å². The van der Waals surface area contributed by atoms with Crippen LogP contribution in [0.4, 0.5) is 0 Å². The third-order valence-electron chi connectivity index (χ3n) is 4.63. The van der Waals surface area contributed by atoms with Gasteiger partial charge in [-0.3, -0.25) is 4.79 Å². The minimum absolute atomic E-state index is 0.0219. The summed E-state index contributed by atoms with van der Waals surface area (Å²) in [5, 5.41) is 2.80. The molecular weight excluding hydrogens is 432 g/mol. The molecule has 0 fully saturated rings. The van der Waals surface area contributed by atoms with Crippen LogP contribution in [0.3, 0.4) is 0 Å². The minimum Gasteiger partial charge on any atom is -0.493 e. The first-order valence-electron chi connectivity index (χ1n) is 10.4. The molecule has 8 nitrogen and oxygen atoms in total. The molecule has 0 aliphatic rings. The van der Waals surface area contributed by atoms with Gasteiger partial charge in [-0.25, -0.2) is 8.42 Å². The standard InChI is InChI=1S/C23H32N2O6S/c1-17(2)31-14-8-13-24-23(26)20(15-18-9-6-5-7-10-18)25-32(27,28)19-11-12-21(29-3)22(16-19)30-4/h5-7,9-12,16-17,20,25H,8,13-15H2,1-4H3,(H,24,26)/t20-/m0/s1. The maximum Gasteiger partial charge on any atom is 0.241 e. The van der Waals surface area contributed by atoms with Crippen LogP contribution in [0.1, 0.15) is 25.8 Å². The zero-order valence-electron chi connectivity index (χ0n) is 19.0. The molecule has 0 aliphatic heterocycles. The molecular formula is C23H32N2O6S. The minimum atomic E-state index is -4.00. The number of sulfonamides is 1. The molecule has 0 aromatic heterocycles. The van der Waals surface area contributed by atoms with Crippen molar-refractivity contribution in [2.75, 3.05) is 27.4 Å². The molecule has 2 N–H and O–H groups in total. The van der Waals surface area contributed by atoms with E-state index in [0.717, 1.165) is 5.56 Å². The Hall–Kier alpha value is -2.62. The van der Waals surface area contributed by atoms with Gasteiger partial charge in [0.15, 0.2) is 11.5 Å². The average Bonchev–Trinajstić information content (AvgIpc) is 2.78. The Morgan fingerprint density at radius 3 is 2.31 bits per heavy atom. The Kier molecular flexibility index (Phi) is 9.96. The molecule has 2 aromatic carbocycles. The van der Waals surface area contributed by atoms with E-state index >= 15 is 0 Å². The monoisotopic (exact) mass is 464 g/mol. The summed E-state index contributed by atoms with van der Waals surface area (Å²) < 4.78 is 44.5. The second-order valence-electron chi connectivity index (χ2n) is 7.44. The van der Waals surface area contributed by atoms with Crippen LogP contribution in [-0.2, 0) is 26.0 Å². The molecule has 2 aromatic rings. The van der Waals surface area contributed by atoms with Crippen molar-refractivity contribution in [2.45, 2.75) is 43.7 Å². The lowest BCUT2D eigenvalue weighted by atomic mass is 10.1. The summed E-state index contributed by atoms with van der Waals surface area (Å²) in [4.78, 5) is 12.8. The molecule has 0 unspecified atom stereocenters. The van der Waals surface area contributed by atoms with E-state index in [1.54, 1.807) is 0 Å². The van der Waals surface area contributed by atoms with Crippen LogP contribution in [-0.4, -0.2) is 53.8 Å². The number of benzene rings is 2. The first-order valence-corrected chi connectivity index (χ1v) is 11.9. The van der Waals surface area contributed by atoms with Crippen molar-refractivity contribution in [2.24, 2.45) is 0 Å². The third-order valence-corrected chi connectivity index (χ3v) is 6.10. The van der Waals surface area contributed by atoms with E-state index in [2.05, 4.69) is 10.0 Å². The lowest BCUT2D eigenvalue weighted by Gasteiger charge is -2.19. The Labute approximate surface area is 190 Å². The molecule has 1 atom stereocenters. The fraction of sp³-hybridized carbons (Fsp3) is 0.435. The van der Waals surface area contributed by atoms with Crippen molar-refractivity contribution in [1.29, 1.82) is 0 Å². The van der Waals surface area contributed by atoms with E-state index in [1.807, 2.05) is 44.2 Å². The normalized spacial score (nSPS) is 12.4. The summed E-state index contributed by atoms with van der Waals surface area (Å²) in [5.74, 6) is 0.292. The number of carbonyl (C=O) groups is 1. The van der Waals surface area contributed by atoms with Crippen molar-refractivity contribution in [1.82, 2.24) is 10.0 Å². The van der Waals surface area contributed by atoms with Crippen molar-refractivity contribution in [3.05, 3.63) is 54.1 Å². The summed E-state index contributed by atoms with van der Waals surface area (Å²) in [5.41, 5.74) is 0.839. The van der Waals surface area contributed by atoms with Gasteiger partial charge in [-0.05, 0) is 44.4 Å². The van der Waals surface area contributed by atoms with E-state index in [0.29, 0.717) is 25.3 Å². The summed E-state index contributed by atoms with van der Waals surface area (Å²) >= 11 is 0. The fourth-order valence-corrected chi connectivity index (χ4v) is 4.21. The molecule has 0 bridgehead atoms. The van der Waals surface area contributed by atoms with Gasteiger partial charge in [-0.15, -0.1) is 0 Å². The molecule has 0 spiro atoms. The van der Waals surface area contributed by atoms with Crippen LogP contribution >= 0.6 is 0 Å². The molecule has 0 aliphatic carbocycles. The van der Waals surface area contributed by atoms with Crippen molar-refractivity contribution >= 4 is 15.9 Å². The number of hydrogen-bond donors (Lipinski definition) is 2. The Morgan fingerprint density at radius 2 is 1.69 bits per heavy atom. The number of carbonyl (C=O) groups excluding carboxylic acids is 1. The number of ether oxygens (including phenoxy) is 3. The van der Waals surface area contributed by atoms with E-state index < -0.39 is 22.0 Å². The number of hydrogen-bond acceptors (Lipinski definition) is 6. The molecule has 0 radical (unpaired) electrons. The van der Waals surface area contributed by atoms with Gasteiger partial charge in [-0.2, -0.15) is 4.72 Å². The largest absolute Gasteiger partial charge is 0.493 e. The number of methoxy groups -OCH3 is 2. The lowest BCUT2D eigenvalue weighted by molar-refractivity contribution is -0.122. The van der Waals surface area contributed by atoms with Crippen molar-refractivity contribution in [3.8, 4) is 11.5 Å². The smallest absolute Gasteiger partial charge is 0.241 e. The fourth-order valence-electron chi connectivity index (χ4n) is 3.00. The first kappa shape index (κ1) is 25.6. The average molecular weight is 465 g/mol. The van der Waals surface area contributed by atoms with Crippen LogP contribution in [0.5, 0.6) is 11.5 Å². The van der Waals surface area contributed by atoms with E-state index in [9.17, 15) is 13.2 Å². The van der Waals surface area contributed by atoms with E-state index in [4.69, 9.17) is 14.2 Å². The zero-order valence-corrected chi connectivity index (χ0v) is 19.8. The summed E-state index contributed by atoms with van der Waals surface area (Å²) in [6.45, 7) is 4.78. The third kappa shape index (κ3) is 7.81. The summed E-state index contributed by atoms with van der Waals surface area (Å²) in [7, 11) is -1.10. The molecule has 176 valence electrons. The van der Waals surface area contributed by atoms with E-state index in [1.165, 1.54) is 32.4 Å².